The highest BCUT2D eigenvalue weighted by Crippen LogP contribution is 2.14. The van der Waals surface area contributed by atoms with Gasteiger partial charge in [-0.2, -0.15) is 0 Å². The van der Waals surface area contributed by atoms with Crippen LogP contribution in [0.4, 0.5) is 0 Å². The van der Waals surface area contributed by atoms with Gasteiger partial charge in [0.25, 0.3) is 0 Å². The molecule has 4 nitrogen and oxygen atoms in total. The van der Waals surface area contributed by atoms with E-state index in [1.165, 1.54) is 0 Å². The molecule has 0 aromatic carbocycles. The minimum Gasteiger partial charge on any atom is -0.252 e. The fourth-order valence-corrected chi connectivity index (χ4v) is 4.23. The van der Waals surface area contributed by atoms with E-state index in [0.29, 0.717) is 12.8 Å². The van der Waals surface area contributed by atoms with Gasteiger partial charge in [0.2, 0.25) is 0 Å². The Bertz CT molecular complexity index is 259. The molecule has 0 saturated carbocycles. The molecule has 1 rings (SSSR count). The topological polar surface area (TPSA) is 77.2 Å². The molecule has 1 fully saturated rings. The van der Waals surface area contributed by atoms with Crippen LogP contribution >= 0.6 is 0 Å². The Balaban J connectivity index is 2.68. The van der Waals surface area contributed by atoms with Crippen molar-refractivity contribution in [2.45, 2.75) is 18.1 Å². The molecule has 11 heavy (non-hydrogen) atoms. The van der Waals surface area contributed by atoms with Crippen molar-refractivity contribution in [2.24, 2.45) is 5.14 Å². The van der Waals surface area contributed by atoms with E-state index in [0.717, 1.165) is 0 Å². The van der Waals surface area contributed by atoms with Crippen LogP contribution in [0, 0.1) is 0 Å². The molecule has 0 aliphatic carbocycles. The molecule has 6 heteroatoms. The van der Waals surface area contributed by atoms with Crippen LogP contribution in [0.2, 0.25) is 0 Å². The van der Waals surface area contributed by atoms with Gasteiger partial charge in [0.15, 0.2) is 9.84 Å². The van der Waals surface area contributed by atoms with Gasteiger partial charge in [0.05, 0.1) is 27.7 Å². The maximum atomic E-state index is 11.0. The van der Waals surface area contributed by atoms with Crippen LogP contribution in [0.3, 0.4) is 0 Å². The third-order valence-corrected chi connectivity index (χ3v) is 4.84. The Morgan fingerprint density at radius 2 is 2.09 bits per heavy atom. The third kappa shape index (κ3) is 2.53. The number of sulfone groups is 1. The maximum absolute atomic E-state index is 11.0. The number of hydrogen-bond donors (Lipinski definition) is 1. The van der Waals surface area contributed by atoms with Gasteiger partial charge in [-0.1, -0.05) is 0 Å². The smallest absolute Gasteiger partial charge is 0.151 e. The second-order valence-electron chi connectivity index (χ2n) is 2.71. The zero-order valence-electron chi connectivity index (χ0n) is 6.02. The minimum atomic E-state index is -2.95. The highest BCUT2D eigenvalue weighted by Gasteiger charge is 2.27. The van der Waals surface area contributed by atoms with Crippen LogP contribution in [-0.2, 0) is 20.8 Å². The highest BCUT2D eigenvalue weighted by atomic mass is 32.2. The molecule has 0 bridgehead atoms. The average Bonchev–Trinajstić information content (AvgIpc) is 1.85. The molecule has 0 radical (unpaired) electrons. The SMILES string of the molecule is N[S@](=O)C1CCCS(=O)(=O)C1. The van der Waals surface area contributed by atoms with E-state index in [9.17, 15) is 12.6 Å². The largest absolute Gasteiger partial charge is 0.252 e. The molecule has 1 aliphatic heterocycles. The molecule has 0 amide bonds. The molecule has 1 unspecified atom stereocenters. The van der Waals surface area contributed by atoms with E-state index in [1.54, 1.807) is 0 Å². The monoisotopic (exact) mass is 197 g/mol. The van der Waals surface area contributed by atoms with Crippen molar-refractivity contribution in [3.05, 3.63) is 0 Å². The quantitative estimate of drug-likeness (QED) is 0.597. The van der Waals surface area contributed by atoms with Gasteiger partial charge in [-0.3, -0.25) is 5.14 Å². The first kappa shape index (κ1) is 9.15. The van der Waals surface area contributed by atoms with Crippen molar-refractivity contribution in [1.82, 2.24) is 0 Å². The summed E-state index contributed by atoms with van der Waals surface area (Å²) >= 11 is 0. The fraction of sp³-hybridized carbons (Fsp3) is 1.00. The van der Waals surface area contributed by atoms with Crippen LogP contribution in [0.25, 0.3) is 0 Å². The van der Waals surface area contributed by atoms with Gasteiger partial charge < -0.3 is 0 Å². The van der Waals surface area contributed by atoms with Crippen LogP contribution in [-0.4, -0.2) is 29.4 Å². The molecular weight excluding hydrogens is 186 g/mol. The second kappa shape index (κ2) is 3.20. The zero-order valence-corrected chi connectivity index (χ0v) is 7.66. The van der Waals surface area contributed by atoms with Gasteiger partial charge >= 0.3 is 0 Å². The first-order valence-electron chi connectivity index (χ1n) is 3.37. The van der Waals surface area contributed by atoms with E-state index in [-0.39, 0.29) is 16.8 Å². The van der Waals surface area contributed by atoms with Crippen molar-refractivity contribution in [3.63, 3.8) is 0 Å². The summed E-state index contributed by atoms with van der Waals surface area (Å²) in [5.74, 6) is 0.219. The van der Waals surface area contributed by atoms with Gasteiger partial charge in [-0.25, -0.2) is 12.6 Å². The summed E-state index contributed by atoms with van der Waals surface area (Å²) in [7, 11) is -4.43. The van der Waals surface area contributed by atoms with Crippen LogP contribution in [0.15, 0.2) is 0 Å². The third-order valence-electron chi connectivity index (χ3n) is 1.75. The lowest BCUT2D eigenvalue weighted by Crippen LogP contribution is -2.35. The van der Waals surface area contributed by atoms with E-state index >= 15 is 0 Å². The van der Waals surface area contributed by atoms with E-state index in [1.807, 2.05) is 0 Å². The van der Waals surface area contributed by atoms with Gasteiger partial charge in [0.1, 0.15) is 0 Å². The fourth-order valence-electron chi connectivity index (χ4n) is 1.16. The normalized spacial score (nSPS) is 33.0. The predicted octanol–water partition coefficient (Wildman–Crippen LogP) is -0.814. The van der Waals surface area contributed by atoms with Gasteiger partial charge in [-0.05, 0) is 12.8 Å². The summed E-state index contributed by atoms with van der Waals surface area (Å²) in [6.07, 6.45) is 1.26. The minimum absolute atomic E-state index is 0.00386. The lowest BCUT2D eigenvalue weighted by Gasteiger charge is -2.18. The van der Waals surface area contributed by atoms with E-state index in [2.05, 4.69) is 0 Å². The summed E-state index contributed by atoms with van der Waals surface area (Å²) < 4.78 is 32.7. The summed E-state index contributed by atoms with van der Waals surface area (Å²) in [6, 6.07) is 0. The molecule has 1 heterocycles. The lowest BCUT2D eigenvalue weighted by molar-refractivity contribution is 0.573. The maximum Gasteiger partial charge on any atom is 0.151 e. The van der Waals surface area contributed by atoms with Gasteiger partial charge in [-0.15, -0.1) is 0 Å². The molecular formula is C5H11NO3S2. The first-order valence-corrected chi connectivity index (χ1v) is 6.46. The Morgan fingerprint density at radius 1 is 1.45 bits per heavy atom. The Labute approximate surface area is 68.7 Å². The average molecular weight is 197 g/mol. The van der Waals surface area contributed by atoms with Crippen LogP contribution < -0.4 is 5.14 Å². The molecule has 1 aliphatic rings. The zero-order chi connectivity index (χ0) is 8.48. The van der Waals surface area contributed by atoms with Crippen LogP contribution in [0.1, 0.15) is 12.8 Å². The Kier molecular flexibility index (Phi) is 2.66. The Morgan fingerprint density at radius 3 is 2.45 bits per heavy atom. The highest BCUT2D eigenvalue weighted by molar-refractivity contribution is 7.93. The van der Waals surface area contributed by atoms with Crippen molar-refractivity contribution in [2.75, 3.05) is 11.5 Å². The molecule has 1 saturated heterocycles. The summed E-state index contributed by atoms with van der Waals surface area (Å²) in [5, 5.41) is 4.76. The molecule has 0 spiro atoms. The molecule has 0 aromatic rings. The van der Waals surface area contributed by atoms with E-state index < -0.39 is 20.8 Å². The van der Waals surface area contributed by atoms with Crippen molar-refractivity contribution in [3.8, 4) is 0 Å². The first-order chi connectivity index (χ1) is 5.01. The predicted molar refractivity (Wildman–Crippen MR) is 44.0 cm³/mol. The summed E-state index contributed by atoms with van der Waals surface area (Å²) in [4.78, 5) is 0. The summed E-state index contributed by atoms with van der Waals surface area (Å²) in [5.41, 5.74) is 0. The second-order valence-corrected chi connectivity index (χ2v) is 6.26. The molecule has 66 valence electrons. The van der Waals surface area contributed by atoms with E-state index in [4.69, 9.17) is 5.14 Å². The molecule has 2 atom stereocenters. The van der Waals surface area contributed by atoms with Crippen LogP contribution in [0.5, 0.6) is 0 Å². The van der Waals surface area contributed by atoms with Crippen molar-refractivity contribution in [1.29, 1.82) is 0 Å². The number of hydrogen-bond acceptors (Lipinski definition) is 3. The standard InChI is InChI=1S/C5H11NO3S2/c6-10(7)5-2-1-3-11(8,9)4-5/h5H,1-4,6H2/t5?,10-/m1/s1. The number of rotatable bonds is 1. The van der Waals surface area contributed by atoms with Crippen molar-refractivity contribution < 1.29 is 12.6 Å². The van der Waals surface area contributed by atoms with Crippen molar-refractivity contribution >= 4 is 20.8 Å². The molecule has 0 aromatic heterocycles. The van der Waals surface area contributed by atoms with Gasteiger partial charge in [0, 0.05) is 0 Å². The summed E-state index contributed by atoms with van der Waals surface area (Å²) in [6.45, 7) is 0. The lowest BCUT2D eigenvalue weighted by atomic mass is 10.3. The number of nitrogens with two attached hydrogens (primary N) is 1. The Hall–Kier alpha value is 0.0600. The molecule has 2 N–H and O–H groups in total.